The minimum Gasteiger partial charge on any atom is -0.492 e. The van der Waals surface area contributed by atoms with Crippen LogP contribution < -0.4 is 15.0 Å². The fourth-order valence-electron chi connectivity index (χ4n) is 5.21. The molecule has 1 atom stereocenters. The number of aromatic nitrogens is 2. The van der Waals surface area contributed by atoms with Gasteiger partial charge in [-0.15, -0.1) is 0 Å². The molecule has 0 unspecified atom stereocenters. The van der Waals surface area contributed by atoms with Crippen molar-refractivity contribution in [3.8, 4) is 23.1 Å². The molecule has 1 N–H and O–H groups in total. The molecule has 1 amide bonds. The largest absolute Gasteiger partial charge is 0.492 e. The number of rotatable bonds is 8. The van der Waals surface area contributed by atoms with Crippen molar-refractivity contribution in [1.82, 2.24) is 14.9 Å². The molecule has 202 valence electrons. The average molecular weight is 527 g/mol. The van der Waals surface area contributed by atoms with Gasteiger partial charge in [0.1, 0.15) is 11.8 Å². The number of carbonyl (C=O) groups excluding carboxylic acids is 1. The molecule has 0 spiro atoms. The number of likely N-dealkylation sites (tertiary alicyclic amines) is 1. The van der Waals surface area contributed by atoms with E-state index in [9.17, 15) is 10.1 Å². The first-order valence-corrected chi connectivity index (χ1v) is 13.6. The maximum Gasteiger partial charge on any atom is 0.227 e. The van der Waals surface area contributed by atoms with E-state index in [1.165, 1.54) is 5.69 Å². The van der Waals surface area contributed by atoms with Crippen molar-refractivity contribution in [2.75, 3.05) is 49.7 Å². The zero-order chi connectivity index (χ0) is 27.0. The number of ether oxygens (including phenoxy) is 2. The Labute approximate surface area is 229 Å². The Bertz CT molecular complexity index is 1320. The summed E-state index contributed by atoms with van der Waals surface area (Å²) in [5.41, 5.74) is 4.03. The molecule has 2 aromatic carbocycles. The molecular weight excluding hydrogens is 492 g/mol. The van der Waals surface area contributed by atoms with E-state index < -0.39 is 0 Å². The second-order valence-corrected chi connectivity index (χ2v) is 9.86. The van der Waals surface area contributed by atoms with Crippen molar-refractivity contribution in [3.05, 3.63) is 60.3 Å². The average Bonchev–Trinajstić information content (AvgIpc) is 2.98. The molecule has 3 heterocycles. The third-order valence-corrected chi connectivity index (χ3v) is 7.29. The number of nitrogens with one attached hydrogen (secondary N) is 1. The minimum absolute atomic E-state index is 0.116. The molecule has 39 heavy (non-hydrogen) atoms. The van der Waals surface area contributed by atoms with Crippen LogP contribution in [0.15, 0.2) is 54.7 Å². The molecule has 3 aromatic rings. The van der Waals surface area contributed by atoms with Gasteiger partial charge in [0, 0.05) is 62.2 Å². The minimum atomic E-state index is 0.116. The Balaban J connectivity index is 1.22. The molecule has 9 nitrogen and oxygen atoms in total. The fraction of sp³-hybridized carbons (Fsp3) is 0.400. The van der Waals surface area contributed by atoms with Crippen LogP contribution in [0, 0.1) is 11.3 Å². The van der Waals surface area contributed by atoms with Crippen LogP contribution in [0.4, 0.5) is 17.3 Å². The molecule has 0 radical (unpaired) electrons. The van der Waals surface area contributed by atoms with Crippen LogP contribution in [-0.2, 0) is 9.53 Å². The van der Waals surface area contributed by atoms with E-state index in [1.54, 1.807) is 19.2 Å². The van der Waals surface area contributed by atoms with E-state index in [2.05, 4.69) is 38.4 Å². The summed E-state index contributed by atoms with van der Waals surface area (Å²) >= 11 is 0. The summed E-state index contributed by atoms with van der Waals surface area (Å²) in [4.78, 5) is 25.2. The fourth-order valence-corrected chi connectivity index (χ4v) is 5.21. The number of benzene rings is 2. The molecule has 2 aliphatic heterocycles. The van der Waals surface area contributed by atoms with Gasteiger partial charge >= 0.3 is 0 Å². The van der Waals surface area contributed by atoms with E-state index in [0.717, 1.165) is 69.8 Å². The molecule has 5 rings (SSSR count). The number of piperidine rings is 1. The van der Waals surface area contributed by atoms with Crippen molar-refractivity contribution in [2.24, 2.45) is 0 Å². The van der Waals surface area contributed by atoms with Crippen LogP contribution in [0.2, 0.25) is 0 Å². The lowest BCUT2D eigenvalue weighted by molar-refractivity contribution is -0.132. The summed E-state index contributed by atoms with van der Waals surface area (Å²) in [6.07, 6.45) is 5.63. The predicted molar refractivity (Wildman–Crippen MR) is 150 cm³/mol. The third kappa shape index (κ3) is 6.65. The standard InChI is InChI=1S/C30H34N6O3/c1-22(37)36-14-3-2-4-27(36)12-17-39-29-10-5-23(20-24(29)21-31)28-11-13-32-30(34-28)33-25-6-8-26(9-7-25)35-15-18-38-19-16-35/h5-11,13,20,27H,2-4,12,14-19H2,1H3,(H,32,33,34)/t27-/m1/s1. The smallest absolute Gasteiger partial charge is 0.227 e. The van der Waals surface area contributed by atoms with E-state index >= 15 is 0 Å². The molecule has 0 aliphatic carbocycles. The van der Waals surface area contributed by atoms with Crippen molar-refractivity contribution < 1.29 is 14.3 Å². The molecule has 2 aliphatic rings. The maximum atomic E-state index is 11.9. The topological polar surface area (TPSA) is 104 Å². The van der Waals surface area contributed by atoms with Crippen LogP contribution in [0.3, 0.4) is 0 Å². The first-order chi connectivity index (χ1) is 19.1. The number of hydrogen-bond donors (Lipinski definition) is 1. The Morgan fingerprint density at radius 1 is 1.13 bits per heavy atom. The highest BCUT2D eigenvalue weighted by molar-refractivity contribution is 5.73. The maximum absolute atomic E-state index is 11.9. The van der Waals surface area contributed by atoms with Crippen LogP contribution in [0.1, 0.15) is 38.2 Å². The van der Waals surface area contributed by atoms with Gasteiger partial charge in [-0.3, -0.25) is 4.79 Å². The van der Waals surface area contributed by atoms with Crippen LogP contribution in [-0.4, -0.2) is 66.3 Å². The lowest BCUT2D eigenvalue weighted by atomic mass is 9.99. The van der Waals surface area contributed by atoms with Crippen molar-refractivity contribution in [2.45, 2.75) is 38.6 Å². The Morgan fingerprint density at radius 2 is 1.95 bits per heavy atom. The summed E-state index contributed by atoms with van der Waals surface area (Å²) in [5, 5.41) is 13.1. The first kappa shape index (κ1) is 26.4. The lowest BCUT2D eigenvalue weighted by Gasteiger charge is -2.35. The number of anilines is 3. The predicted octanol–water partition coefficient (Wildman–Crippen LogP) is 4.77. The highest BCUT2D eigenvalue weighted by Crippen LogP contribution is 2.28. The van der Waals surface area contributed by atoms with Gasteiger partial charge in [0.2, 0.25) is 11.9 Å². The Hall–Kier alpha value is -4.16. The first-order valence-electron chi connectivity index (χ1n) is 13.6. The highest BCUT2D eigenvalue weighted by Gasteiger charge is 2.24. The van der Waals surface area contributed by atoms with Gasteiger partial charge in [-0.05, 0) is 67.8 Å². The van der Waals surface area contributed by atoms with Gasteiger partial charge in [-0.1, -0.05) is 0 Å². The van der Waals surface area contributed by atoms with Gasteiger partial charge < -0.3 is 24.6 Å². The van der Waals surface area contributed by atoms with E-state index in [1.807, 2.05) is 35.2 Å². The summed E-state index contributed by atoms with van der Waals surface area (Å²) in [7, 11) is 0. The Kier molecular flexibility index (Phi) is 8.54. The molecule has 2 fully saturated rings. The van der Waals surface area contributed by atoms with E-state index in [0.29, 0.717) is 29.6 Å². The number of carbonyl (C=O) groups is 1. The summed E-state index contributed by atoms with van der Waals surface area (Å²) < 4.78 is 11.4. The molecule has 0 bridgehead atoms. The lowest BCUT2D eigenvalue weighted by Crippen LogP contribution is -2.43. The third-order valence-electron chi connectivity index (χ3n) is 7.29. The molecule has 9 heteroatoms. The van der Waals surface area contributed by atoms with Gasteiger partial charge in [0.25, 0.3) is 0 Å². The Morgan fingerprint density at radius 3 is 2.72 bits per heavy atom. The highest BCUT2D eigenvalue weighted by atomic mass is 16.5. The molecule has 2 saturated heterocycles. The second kappa shape index (κ2) is 12.6. The number of hydrogen-bond acceptors (Lipinski definition) is 8. The monoisotopic (exact) mass is 526 g/mol. The summed E-state index contributed by atoms with van der Waals surface area (Å²) in [6.45, 7) is 6.18. The van der Waals surface area contributed by atoms with E-state index in [4.69, 9.17) is 9.47 Å². The van der Waals surface area contributed by atoms with Crippen molar-refractivity contribution in [3.63, 3.8) is 0 Å². The number of morpholine rings is 1. The van der Waals surface area contributed by atoms with Gasteiger partial charge in [-0.2, -0.15) is 5.26 Å². The SMILES string of the molecule is CC(=O)N1CCCC[C@@H]1CCOc1ccc(-c2ccnc(Nc3ccc(N4CCOCC4)cc3)n2)cc1C#N. The van der Waals surface area contributed by atoms with Crippen LogP contribution in [0.25, 0.3) is 11.3 Å². The molecular formula is C30H34N6O3. The number of nitrogens with zero attached hydrogens (tertiary/aromatic N) is 5. The van der Waals surface area contributed by atoms with Crippen LogP contribution in [0.5, 0.6) is 5.75 Å². The number of nitriles is 1. The van der Waals surface area contributed by atoms with Gasteiger partial charge in [-0.25, -0.2) is 9.97 Å². The van der Waals surface area contributed by atoms with Crippen molar-refractivity contribution in [1.29, 1.82) is 5.26 Å². The number of amides is 1. The van der Waals surface area contributed by atoms with E-state index in [-0.39, 0.29) is 11.9 Å². The molecule has 0 saturated carbocycles. The van der Waals surface area contributed by atoms with Gasteiger partial charge in [0.05, 0.1) is 31.1 Å². The van der Waals surface area contributed by atoms with Crippen molar-refractivity contribution >= 4 is 23.2 Å². The van der Waals surface area contributed by atoms with Gasteiger partial charge in [0.15, 0.2) is 0 Å². The quantitative estimate of drug-likeness (QED) is 0.448. The second-order valence-electron chi connectivity index (χ2n) is 9.86. The zero-order valence-electron chi connectivity index (χ0n) is 22.3. The normalized spacial score (nSPS) is 17.4. The summed E-state index contributed by atoms with van der Waals surface area (Å²) in [5.74, 6) is 1.14. The molecule has 1 aromatic heterocycles. The zero-order valence-corrected chi connectivity index (χ0v) is 22.3. The summed E-state index contributed by atoms with van der Waals surface area (Å²) in [6, 6.07) is 18.0. The van der Waals surface area contributed by atoms with Crippen LogP contribution >= 0.6 is 0 Å².